The maximum Gasteiger partial charge on any atom is 0.219 e. The highest BCUT2D eigenvalue weighted by Gasteiger charge is 2.12. The molecule has 1 saturated heterocycles. The fourth-order valence-electron chi connectivity index (χ4n) is 1.99. The summed E-state index contributed by atoms with van der Waals surface area (Å²) in [7, 11) is 0. The second-order valence-electron chi connectivity index (χ2n) is 4.17. The summed E-state index contributed by atoms with van der Waals surface area (Å²) in [6.45, 7) is 3.35. The molecule has 94 valence electrons. The number of hydrogen-bond donors (Lipinski definition) is 1. The van der Waals surface area contributed by atoms with Crippen molar-refractivity contribution in [3.8, 4) is 5.88 Å². The third-order valence-corrected chi connectivity index (χ3v) is 2.91. The molecular formula is C12H17FN2O2. The molecule has 17 heavy (non-hydrogen) atoms. The fraction of sp³-hybridized carbons (Fsp3) is 0.583. The molecule has 0 aliphatic carbocycles. The van der Waals surface area contributed by atoms with Gasteiger partial charge in [-0.1, -0.05) is 0 Å². The molecular weight excluding hydrogens is 223 g/mol. The lowest BCUT2D eigenvalue weighted by Gasteiger charge is -2.15. The number of aromatic nitrogens is 1. The van der Waals surface area contributed by atoms with Crippen LogP contribution in [0.25, 0.3) is 0 Å². The van der Waals surface area contributed by atoms with Gasteiger partial charge in [-0.25, -0.2) is 9.37 Å². The molecule has 5 heteroatoms. The third-order valence-electron chi connectivity index (χ3n) is 2.91. The molecule has 0 saturated carbocycles. The minimum absolute atomic E-state index is 0.260. The van der Waals surface area contributed by atoms with Crippen LogP contribution in [0.4, 0.5) is 4.39 Å². The van der Waals surface area contributed by atoms with E-state index in [-0.39, 0.29) is 6.61 Å². The lowest BCUT2D eigenvalue weighted by atomic mass is 10.3. The Morgan fingerprint density at radius 3 is 2.88 bits per heavy atom. The van der Waals surface area contributed by atoms with Crippen LogP contribution < -0.4 is 4.74 Å². The summed E-state index contributed by atoms with van der Waals surface area (Å²) in [5.41, 5.74) is 0.395. The van der Waals surface area contributed by atoms with Gasteiger partial charge >= 0.3 is 0 Å². The number of nitrogens with zero attached hydrogens (tertiary/aromatic N) is 2. The average Bonchev–Trinajstić information content (AvgIpc) is 2.84. The number of aliphatic hydroxyl groups excluding tert-OH is 1. The van der Waals surface area contributed by atoms with E-state index in [2.05, 4.69) is 9.88 Å². The first-order chi connectivity index (χ1) is 8.29. The predicted octanol–water partition coefficient (Wildman–Crippen LogP) is 1.19. The highest BCUT2D eigenvalue weighted by Crippen LogP contribution is 2.16. The van der Waals surface area contributed by atoms with Gasteiger partial charge in [0.25, 0.3) is 0 Å². The van der Waals surface area contributed by atoms with E-state index in [1.54, 1.807) is 0 Å². The first-order valence-corrected chi connectivity index (χ1v) is 5.90. The highest BCUT2D eigenvalue weighted by molar-refractivity contribution is 5.25. The minimum Gasteiger partial charge on any atom is -0.476 e. The summed E-state index contributed by atoms with van der Waals surface area (Å²) in [4.78, 5) is 6.16. The maximum atomic E-state index is 12.9. The Morgan fingerprint density at radius 2 is 2.18 bits per heavy atom. The molecule has 0 radical (unpaired) electrons. The van der Waals surface area contributed by atoms with Gasteiger partial charge < -0.3 is 9.84 Å². The van der Waals surface area contributed by atoms with Gasteiger partial charge in [0.05, 0.1) is 12.8 Å². The van der Waals surface area contributed by atoms with Crippen molar-refractivity contribution in [3.05, 3.63) is 23.6 Å². The number of pyridine rings is 1. The number of ether oxygens (including phenoxy) is 1. The van der Waals surface area contributed by atoms with Gasteiger partial charge in [-0.2, -0.15) is 0 Å². The fourth-order valence-corrected chi connectivity index (χ4v) is 1.99. The van der Waals surface area contributed by atoms with Crippen molar-refractivity contribution >= 4 is 0 Å². The number of hydrogen-bond acceptors (Lipinski definition) is 4. The molecule has 0 spiro atoms. The van der Waals surface area contributed by atoms with Crippen molar-refractivity contribution in [2.45, 2.75) is 19.4 Å². The van der Waals surface area contributed by atoms with Gasteiger partial charge in [-0.15, -0.1) is 0 Å². The molecule has 1 aromatic rings. The summed E-state index contributed by atoms with van der Waals surface area (Å²) in [5, 5.41) is 9.06. The van der Waals surface area contributed by atoms with Crippen molar-refractivity contribution in [1.29, 1.82) is 0 Å². The zero-order chi connectivity index (χ0) is 12.1. The first-order valence-electron chi connectivity index (χ1n) is 5.90. The van der Waals surface area contributed by atoms with Gasteiger partial charge in [0, 0.05) is 12.1 Å². The molecule has 1 fully saturated rings. The summed E-state index contributed by atoms with van der Waals surface area (Å²) < 4.78 is 18.3. The van der Waals surface area contributed by atoms with Crippen LogP contribution in [0, 0.1) is 5.82 Å². The molecule has 0 atom stereocenters. The van der Waals surface area contributed by atoms with Crippen LogP contribution in [-0.4, -0.2) is 41.2 Å². The van der Waals surface area contributed by atoms with E-state index in [0.29, 0.717) is 18.1 Å². The molecule has 1 aromatic heterocycles. The van der Waals surface area contributed by atoms with E-state index in [9.17, 15) is 4.39 Å². The Morgan fingerprint density at radius 1 is 1.41 bits per heavy atom. The number of halogens is 1. The molecule has 0 bridgehead atoms. The van der Waals surface area contributed by atoms with E-state index in [1.807, 2.05) is 0 Å². The van der Waals surface area contributed by atoms with E-state index < -0.39 is 5.82 Å². The Bertz CT molecular complexity index is 368. The molecule has 2 heterocycles. The molecule has 0 aromatic carbocycles. The van der Waals surface area contributed by atoms with Crippen molar-refractivity contribution < 1.29 is 14.2 Å². The van der Waals surface area contributed by atoms with Crippen molar-refractivity contribution in [2.24, 2.45) is 0 Å². The zero-order valence-electron chi connectivity index (χ0n) is 9.73. The van der Waals surface area contributed by atoms with E-state index in [0.717, 1.165) is 25.8 Å². The quantitative estimate of drug-likeness (QED) is 0.839. The lowest BCUT2D eigenvalue weighted by molar-refractivity contribution is 0.220. The predicted molar refractivity (Wildman–Crippen MR) is 61.3 cm³/mol. The lowest BCUT2D eigenvalue weighted by Crippen LogP contribution is -2.25. The standard InChI is InChI=1S/C12H17FN2O2/c13-11-7-10(9-16)12(14-8-11)17-6-5-15-3-1-2-4-15/h7-8,16H,1-6,9H2. The summed E-state index contributed by atoms with van der Waals surface area (Å²) >= 11 is 0. The van der Waals surface area contributed by atoms with Crippen LogP contribution in [0.1, 0.15) is 18.4 Å². The first kappa shape index (κ1) is 12.3. The Kier molecular flexibility index (Phi) is 4.28. The van der Waals surface area contributed by atoms with Crippen LogP contribution in [0.3, 0.4) is 0 Å². The zero-order valence-corrected chi connectivity index (χ0v) is 9.73. The maximum absolute atomic E-state index is 12.9. The number of likely N-dealkylation sites (tertiary alicyclic amines) is 1. The second-order valence-corrected chi connectivity index (χ2v) is 4.17. The van der Waals surface area contributed by atoms with E-state index in [1.165, 1.54) is 18.9 Å². The molecule has 4 nitrogen and oxygen atoms in total. The third kappa shape index (κ3) is 3.38. The SMILES string of the molecule is OCc1cc(F)cnc1OCCN1CCCC1. The van der Waals surface area contributed by atoms with Crippen molar-refractivity contribution in [1.82, 2.24) is 9.88 Å². The van der Waals surface area contributed by atoms with Crippen LogP contribution in [0.15, 0.2) is 12.3 Å². The monoisotopic (exact) mass is 240 g/mol. The van der Waals surface area contributed by atoms with Gasteiger partial charge in [-0.3, -0.25) is 4.90 Å². The van der Waals surface area contributed by atoms with Crippen molar-refractivity contribution in [2.75, 3.05) is 26.2 Å². The highest BCUT2D eigenvalue weighted by atomic mass is 19.1. The topological polar surface area (TPSA) is 45.6 Å². The Labute approximate surface area is 100 Å². The number of rotatable bonds is 5. The minimum atomic E-state index is -0.457. The normalized spacial score (nSPS) is 16.4. The van der Waals surface area contributed by atoms with Crippen LogP contribution >= 0.6 is 0 Å². The summed E-state index contributed by atoms with van der Waals surface area (Å²) in [6.07, 6.45) is 3.59. The van der Waals surface area contributed by atoms with Crippen LogP contribution in [0.5, 0.6) is 5.88 Å². The molecule has 0 amide bonds. The van der Waals surface area contributed by atoms with Gasteiger partial charge in [0.1, 0.15) is 12.4 Å². The molecule has 1 aliphatic heterocycles. The van der Waals surface area contributed by atoms with Crippen LogP contribution in [0.2, 0.25) is 0 Å². The van der Waals surface area contributed by atoms with E-state index >= 15 is 0 Å². The molecule has 1 aliphatic rings. The Hall–Kier alpha value is -1.20. The summed E-state index contributed by atoms with van der Waals surface area (Å²) in [5.74, 6) is -0.131. The van der Waals surface area contributed by atoms with Crippen molar-refractivity contribution in [3.63, 3.8) is 0 Å². The Balaban J connectivity index is 1.85. The second kappa shape index (κ2) is 5.93. The van der Waals surface area contributed by atoms with Gasteiger partial charge in [0.2, 0.25) is 5.88 Å². The summed E-state index contributed by atoms with van der Waals surface area (Å²) in [6, 6.07) is 1.25. The molecule has 2 rings (SSSR count). The van der Waals surface area contributed by atoms with Gasteiger partial charge in [-0.05, 0) is 32.0 Å². The van der Waals surface area contributed by atoms with Gasteiger partial charge in [0.15, 0.2) is 0 Å². The van der Waals surface area contributed by atoms with Crippen LogP contribution in [-0.2, 0) is 6.61 Å². The van der Waals surface area contributed by atoms with E-state index in [4.69, 9.17) is 9.84 Å². The molecule has 0 unspecified atom stereocenters. The molecule has 1 N–H and O–H groups in total. The smallest absolute Gasteiger partial charge is 0.219 e. The average molecular weight is 240 g/mol. The number of aliphatic hydroxyl groups is 1. The largest absolute Gasteiger partial charge is 0.476 e.